The third-order valence-corrected chi connectivity index (χ3v) is 7.16. The van der Waals surface area contributed by atoms with Gasteiger partial charge in [0.1, 0.15) is 24.9 Å². The zero-order valence-electron chi connectivity index (χ0n) is 19.9. The first-order valence-electron chi connectivity index (χ1n) is 11.2. The minimum Gasteiger partial charge on any atom is -0.462 e. The number of hydrogen-bond acceptors (Lipinski definition) is 9. The number of ether oxygens (including phenoxy) is 4. The Morgan fingerprint density at radius 1 is 1.18 bits per heavy atom. The number of carbonyl (C=O) groups is 4. The van der Waals surface area contributed by atoms with Crippen molar-refractivity contribution in [3.63, 3.8) is 0 Å². The fraction of sp³-hybridized carbons (Fsp3) is 0.667. The van der Waals surface area contributed by atoms with Crippen LogP contribution in [-0.4, -0.2) is 60.0 Å². The van der Waals surface area contributed by atoms with Gasteiger partial charge in [0.25, 0.3) is 0 Å². The number of hydrogen-bond donors (Lipinski definition) is 1. The Bertz CT molecular complexity index is 917. The summed E-state index contributed by atoms with van der Waals surface area (Å²) in [5.74, 6) is -3.11. The first-order chi connectivity index (χ1) is 15.4. The maximum absolute atomic E-state index is 12.8. The monoisotopic (exact) mass is 464 g/mol. The van der Waals surface area contributed by atoms with E-state index in [9.17, 15) is 24.3 Å². The van der Waals surface area contributed by atoms with Gasteiger partial charge in [0.2, 0.25) is 0 Å². The topological polar surface area (TPSA) is 125 Å². The summed E-state index contributed by atoms with van der Waals surface area (Å²) in [5.41, 5.74) is 0.421. The predicted molar refractivity (Wildman–Crippen MR) is 114 cm³/mol. The molecule has 1 heterocycles. The molecule has 7 unspecified atom stereocenters. The van der Waals surface area contributed by atoms with Crippen molar-refractivity contribution in [3.8, 4) is 0 Å². The lowest BCUT2D eigenvalue weighted by molar-refractivity contribution is -0.160. The van der Waals surface area contributed by atoms with Crippen LogP contribution in [0.2, 0.25) is 0 Å². The molecule has 0 spiro atoms. The van der Waals surface area contributed by atoms with Crippen LogP contribution in [0.4, 0.5) is 0 Å². The van der Waals surface area contributed by atoms with Crippen LogP contribution in [0.3, 0.4) is 0 Å². The van der Waals surface area contributed by atoms with Crippen molar-refractivity contribution in [2.75, 3.05) is 6.61 Å². The minimum atomic E-state index is -0.975. The van der Waals surface area contributed by atoms with Crippen molar-refractivity contribution < 1.29 is 43.2 Å². The number of rotatable bonds is 5. The third-order valence-electron chi connectivity index (χ3n) is 7.16. The van der Waals surface area contributed by atoms with E-state index in [1.54, 1.807) is 33.8 Å². The normalized spacial score (nSPS) is 35.8. The van der Waals surface area contributed by atoms with Crippen molar-refractivity contribution in [1.29, 1.82) is 0 Å². The summed E-state index contributed by atoms with van der Waals surface area (Å²) in [7, 11) is 0. The molecule has 33 heavy (non-hydrogen) atoms. The fourth-order valence-corrected chi connectivity index (χ4v) is 5.27. The average Bonchev–Trinajstić information content (AvgIpc) is 3.00. The maximum atomic E-state index is 12.8. The van der Waals surface area contributed by atoms with E-state index in [-0.39, 0.29) is 13.0 Å². The van der Waals surface area contributed by atoms with Gasteiger partial charge in [0.05, 0.1) is 17.9 Å². The zero-order chi connectivity index (χ0) is 24.7. The van der Waals surface area contributed by atoms with Crippen molar-refractivity contribution in [2.24, 2.45) is 17.3 Å². The SMILES string of the molecule is CC=C(C)C(=O)OC1C2=C(COC(C)=O)C(OC(C)=O)CC(O)C2(C)CC2OC(=O)C(C)C21. The van der Waals surface area contributed by atoms with E-state index in [1.807, 2.05) is 0 Å². The Kier molecular flexibility index (Phi) is 7.02. The number of aliphatic hydroxyl groups is 1. The van der Waals surface area contributed by atoms with Gasteiger partial charge in [0, 0.05) is 36.8 Å². The van der Waals surface area contributed by atoms with Crippen LogP contribution in [0.5, 0.6) is 0 Å². The third kappa shape index (κ3) is 4.55. The number of allylic oxidation sites excluding steroid dienone is 1. The maximum Gasteiger partial charge on any atom is 0.333 e. The molecule has 0 bridgehead atoms. The summed E-state index contributed by atoms with van der Waals surface area (Å²) in [6.07, 6.45) is -1.34. The smallest absolute Gasteiger partial charge is 0.333 e. The molecular weight excluding hydrogens is 432 g/mol. The molecule has 1 aliphatic heterocycles. The minimum absolute atomic E-state index is 0.0750. The highest BCUT2D eigenvalue weighted by molar-refractivity contribution is 5.88. The molecule has 9 nitrogen and oxygen atoms in total. The van der Waals surface area contributed by atoms with Crippen molar-refractivity contribution in [2.45, 2.75) is 78.8 Å². The summed E-state index contributed by atoms with van der Waals surface area (Å²) in [6.45, 7) is 9.17. The molecule has 0 radical (unpaired) electrons. The largest absolute Gasteiger partial charge is 0.462 e. The summed E-state index contributed by atoms with van der Waals surface area (Å²) >= 11 is 0. The molecule has 0 aromatic rings. The van der Waals surface area contributed by atoms with Crippen LogP contribution in [0.1, 0.15) is 54.4 Å². The number of carbonyl (C=O) groups excluding carboxylic acids is 4. The predicted octanol–water partition coefficient (Wildman–Crippen LogP) is 2.01. The molecule has 1 saturated carbocycles. The van der Waals surface area contributed by atoms with Gasteiger partial charge in [-0.2, -0.15) is 0 Å². The van der Waals surface area contributed by atoms with Gasteiger partial charge in [-0.3, -0.25) is 14.4 Å². The molecule has 9 heteroatoms. The van der Waals surface area contributed by atoms with E-state index in [4.69, 9.17) is 18.9 Å². The molecular formula is C24H32O9. The first kappa shape index (κ1) is 25.0. The van der Waals surface area contributed by atoms with Crippen LogP contribution in [0.15, 0.2) is 22.8 Å². The number of esters is 4. The highest BCUT2D eigenvalue weighted by Gasteiger charge is 2.62. The highest BCUT2D eigenvalue weighted by atomic mass is 16.6. The lowest BCUT2D eigenvalue weighted by Crippen LogP contribution is -2.57. The van der Waals surface area contributed by atoms with E-state index in [2.05, 4.69) is 0 Å². The average molecular weight is 465 g/mol. The molecule has 0 aromatic carbocycles. The summed E-state index contributed by atoms with van der Waals surface area (Å²) in [4.78, 5) is 48.7. The first-order valence-corrected chi connectivity index (χ1v) is 11.2. The summed E-state index contributed by atoms with van der Waals surface area (Å²) < 4.78 is 22.3. The van der Waals surface area contributed by atoms with E-state index in [0.29, 0.717) is 23.1 Å². The van der Waals surface area contributed by atoms with E-state index in [0.717, 1.165) is 0 Å². The van der Waals surface area contributed by atoms with Gasteiger partial charge in [-0.25, -0.2) is 4.79 Å². The number of aliphatic hydroxyl groups excluding tert-OH is 1. The van der Waals surface area contributed by atoms with Crippen molar-refractivity contribution in [1.82, 2.24) is 0 Å². The van der Waals surface area contributed by atoms with Gasteiger partial charge >= 0.3 is 23.9 Å². The zero-order valence-corrected chi connectivity index (χ0v) is 19.9. The molecule has 7 atom stereocenters. The molecule has 182 valence electrons. The lowest BCUT2D eigenvalue weighted by Gasteiger charge is -2.52. The van der Waals surface area contributed by atoms with E-state index >= 15 is 0 Å². The van der Waals surface area contributed by atoms with Gasteiger partial charge in [-0.1, -0.05) is 19.9 Å². The van der Waals surface area contributed by atoms with Crippen LogP contribution in [-0.2, 0) is 38.1 Å². The van der Waals surface area contributed by atoms with Crippen LogP contribution in [0, 0.1) is 17.3 Å². The molecule has 3 aliphatic rings. The summed E-state index contributed by atoms with van der Waals surface area (Å²) in [5, 5.41) is 11.2. The molecule has 0 amide bonds. The standard InChI is InChI=1S/C24H32O9/c1-7-11(2)22(28)33-21-19-12(3)23(29)32-17(19)9-24(6)18(27)8-16(31-14(5)26)15(20(21)24)10-30-13(4)25/h7,12,16-19,21,27H,8-10H2,1-6H3. The molecule has 2 aliphatic carbocycles. The molecule has 1 N–H and O–H groups in total. The second-order valence-corrected chi connectivity index (χ2v) is 9.33. The Labute approximate surface area is 193 Å². The Hall–Kier alpha value is -2.68. The molecule has 2 fully saturated rings. The van der Waals surface area contributed by atoms with Crippen molar-refractivity contribution >= 4 is 23.9 Å². The summed E-state index contributed by atoms with van der Waals surface area (Å²) in [6, 6.07) is 0. The second-order valence-electron chi connectivity index (χ2n) is 9.33. The fourth-order valence-electron chi connectivity index (χ4n) is 5.27. The highest BCUT2D eigenvalue weighted by Crippen LogP contribution is 2.56. The van der Waals surface area contributed by atoms with Gasteiger partial charge < -0.3 is 24.1 Å². The number of fused-ring (bicyclic) bond motifs is 2. The van der Waals surface area contributed by atoms with Crippen LogP contribution in [0.25, 0.3) is 0 Å². The van der Waals surface area contributed by atoms with Crippen LogP contribution >= 0.6 is 0 Å². The Morgan fingerprint density at radius 2 is 1.85 bits per heavy atom. The lowest BCUT2D eigenvalue weighted by atomic mass is 9.56. The van der Waals surface area contributed by atoms with E-state index in [1.165, 1.54) is 13.8 Å². The quantitative estimate of drug-likeness (QED) is 0.281. The molecule has 3 rings (SSSR count). The van der Waals surface area contributed by atoms with Gasteiger partial charge in [-0.05, 0) is 25.8 Å². The van der Waals surface area contributed by atoms with Gasteiger partial charge in [-0.15, -0.1) is 0 Å². The Balaban J connectivity index is 2.21. The second kappa shape index (κ2) is 9.29. The van der Waals surface area contributed by atoms with Crippen molar-refractivity contribution in [3.05, 3.63) is 22.8 Å². The molecule has 0 aromatic heterocycles. The Morgan fingerprint density at radius 3 is 2.42 bits per heavy atom. The van der Waals surface area contributed by atoms with Crippen LogP contribution < -0.4 is 0 Å². The molecule has 1 saturated heterocycles. The van der Waals surface area contributed by atoms with Gasteiger partial charge in [0.15, 0.2) is 0 Å². The van der Waals surface area contributed by atoms with E-state index < -0.39 is 65.5 Å².